The van der Waals surface area contributed by atoms with Gasteiger partial charge in [-0.3, -0.25) is 0 Å². The molecule has 5 rings (SSSR count). The quantitative estimate of drug-likeness (QED) is 0.421. The fourth-order valence-corrected chi connectivity index (χ4v) is 3.43. The Kier molecular flexibility index (Phi) is 4.21. The van der Waals surface area contributed by atoms with Crippen molar-refractivity contribution in [1.82, 2.24) is 24.9 Å². The van der Waals surface area contributed by atoms with Crippen LogP contribution in [-0.4, -0.2) is 24.9 Å². The van der Waals surface area contributed by atoms with Gasteiger partial charge in [0.25, 0.3) is 0 Å². The number of rotatable bonds is 4. The van der Waals surface area contributed by atoms with Crippen LogP contribution in [0.15, 0.2) is 71.3 Å². The normalized spacial score (nSPS) is 11.2. The fraction of sp³-hybridized carbons (Fsp3) is 0.0476. The summed E-state index contributed by atoms with van der Waals surface area (Å²) in [6.07, 6.45) is 1.74. The minimum absolute atomic E-state index is 0.503. The van der Waals surface area contributed by atoms with Gasteiger partial charge in [-0.1, -0.05) is 42.5 Å². The lowest BCUT2D eigenvalue weighted by Crippen LogP contribution is -2.05. The molecule has 0 bridgehead atoms. The number of benzene rings is 2. The summed E-state index contributed by atoms with van der Waals surface area (Å²) in [5, 5.41) is 4.38. The van der Waals surface area contributed by atoms with Gasteiger partial charge in [0.15, 0.2) is 11.5 Å². The highest BCUT2D eigenvalue weighted by atomic mass is 79.9. The lowest BCUT2D eigenvalue weighted by molar-refractivity contribution is 0.996. The first-order valence-corrected chi connectivity index (χ1v) is 9.62. The summed E-state index contributed by atoms with van der Waals surface area (Å²) in [6, 6.07) is 19.9. The molecule has 0 atom stereocenters. The third-order valence-electron chi connectivity index (χ3n) is 4.41. The Balaban J connectivity index is 1.51. The van der Waals surface area contributed by atoms with Crippen molar-refractivity contribution >= 4 is 43.8 Å². The van der Waals surface area contributed by atoms with Crippen LogP contribution in [0.1, 0.15) is 5.82 Å². The smallest absolute Gasteiger partial charge is 0.177 e. The number of halogens is 1. The number of hydrogen-bond donors (Lipinski definition) is 2. The first kappa shape index (κ1) is 16.8. The van der Waals surface area contributed by atoms with Crippen molar-refractivity contribution in [2.45, 2.75) is 6.54 Å². The predicted molar refractivity (Wildman–Crippen MR) is 114 cm³/mol. The molecule has 3 aromatic heterocycles. The van der Waals surface area contributed by atoms with E-state index in [1.165, 1.54) is 0 Å². The van der Waals surface area contributed by atoms with E-state index in [1.807, 2.05) is 60.7 Å². The number of aromatic nitrogens is 5. The molecule has 3 heterocycles. The van der Waals surface area contributed by atoms with Crippen molar-refractivity contribution in [3.05, 3.63) is 77.2 Å². The summed E-state index contributed by atoms with van der Waals surface area (Å²) in [7, 11) is 0. The summed E-state index contributed by atoms with van der Waals surface area (Å²) >= 11 is 3.43. The number of nitrogens with zero attached hydrogens (tertiary/aromatic N) is 4. The summed E-state index contributed by atoms with van der Waals surface area (Å²) < 4.78 is 0.914. The Labute approximate surface area is 169 Å². The van der Waals surface area contributed by atoms with Gasteiger partial charge in [0, 0.05) is 21.6 Å². The third-order valence-corrected chi connectivity index (χ3v) is 4.85. The zero-order chi connectivity index (χ0) is 18.9. The summed E-state index contributed by atoms with van der Waals surface area (Å²) in [4.78, 5) is 21.6. The minimum atomic E-state index is 0.503. The van der Waals surface area contributed by atoms with Gasteiger partial charge in [-0.2, -0.15) is 0 Å². The minimum Gasteiger partial charge on any atom is -0.362 e. The molecule has 0 spiro atoms. The predicted octanol–water partition coefficient (Wildman–Crippen LogP) is 4.94. The lowest BCUT2D eigenvalue weighted by Gasteiger charge is -2.10. The molecule has 0 amide bonds. The maximum Gasteiger partial charge on any atom is 0.177 e. The van der Waals surface area contributed by atoms with Crippen LogP contribution in [0, 0.1) is 0 Å². The number of hydrogen-bond acceptors (Lipinski definition) is 5. The lowest BCUT2D eigenvalue weighted by atomic mass is 10.2. The molecular weight excluding hydrogens is 416 g/mol. The average molecular weight is 431 g/mol. The van der Waals surface area contributed by atoms with E-state index in [4.69, 9.17) is 9.97 Å². The molecule has 6 nitrogen and oxygen atoms in total. The number of nitrogens with one attached hydrogen (secondary N) is 2. The number of aromatic amines is 1. The molecule has 5 aromatic rings. The number of anilines is 1. The summed E-state index contributed by atoms with van der Waals surface area (Å²) in [5.41, 5.74) is 3.46. The van der Waals surface area contributed by atoms with E-state index in [1.54, 1.807) is 6.20 Å². The van der Waals surface area contributed by atoms with Crippen LogP contribution in [0.4, 0.5) is 5.82 Å². The second kappa shape index (κ2) is 7.01. The van der Waals surface area contributed by atoms with Gasteiger partial charge < -0.3 is 10.3 Å². The van der Waals surface area contributed by atoms with Crippen LogP contribution in [0.3, 0.4) is 0 Å². The van der Waals surface area contributed by atoms with E-state index in [0.717, 1.165) is 38.1 Å². The summed E-state index contributed by atoms with van der Waals surface area (Å²) in [5.74, 6) is 2.26. The van der Waals surface area contributed by atoms with E-state index in [9.17, 15) is 0 Å². The number of para-hydroxylation sites is 1. The SMILES string of the molecule is Brc1cnc2nc(CNc3nc(-c4ccccc4)nc4ccccc34)[nH]c2c1. The molecule has 2 aromatic carbocycles. The Morgan fingerprint density at radius 1 is 0.929 bits per heavy atom. The molecule has 0 radical (unpaired) electrons. The number of pyridine rings is 1. The average Bonchev–Trinajstić information content (AvgIpc) is 3.14. The van der Waals surface area contributed by atoms with Crippen LogP contribution >= 0.6 is 15.9 Å². The van der Waals surface area contributed by atoms with Crippen LogP contribution in [0.5, 0.6) is 0 Å². The molecule has 7 heteroatoms. The standard InChI is InChI=1S/C21H15BrN6/c22-14-10-17-21(23-11-14)27-18(25-17)12-24-20-15-8-4-5-9-16(15)26-19(28-20)13-6-2-1-3-7-13/h1-11H,12H2,(H,23,25,27)(H,24,26,28). The maximum absolute atomic E-state index is 4.77. The second-order valence-electron chi connectivity index (χ2n) is 6.34. The monoisotopic (exact) mass is 430 g/mol. The Hall–Kier alpha value is -3.32. The molecule has 0 unspecified atom stereocenters. The first-order valence-electron chi connectivity index (χ1n) is 8.82. The van der Waals surface area contributed by atoms with Crippen molar-refractivity contribution in [1.29, 1.82) is 0 Å². The highest BCUT2D eigenvalue weighted by molar-refractivity contribution is 9.10. The molecule has 0 fully saturated rings. The van der Waals surface area contributed by atoms with E-state index >= 15 is 0 Å². The van der Waals surface area contributed by atoms with Crippen LogP contribution in [0.25, 0.3) is 33.5 Å². The van der Waals surface area contributed by atoms with E-state index < -0.39 is 0 Å². The van der Waals surface area contributed by atoms with Crippen LogP contribution in [-0.2, 0) is 6.54 Å². The summed E-state index contributed by atoms with van der Waals surface area (Å²) in [6.45, 7) is 0.503. The molecular formula is C21H15BrN6. The van der Waals surface area contributed by atoms with Crippen molar-refractivity contribution in [2.24, 2.45) is 0 Å². The molecule has 28 heavy (non-hydrogen) atoms. The van der Waals surface area contributed by atoms with Crippen LogP contribution < -0.4 is 5.32 Å². The van der Waals surface area contributed by atoms with Crippen LogP contribution in [0.2, 0.25) is 0 Å². The van der Waals surface area contributed by atoms with Crippen molar-refractivity contribution in [3.8, 4) is 11.4 Å². The van der Waals surface area contributed by atoms with Crippen molar-refractivity contribution in [3.63, 3.8) is 0 Å². The fourth-order valence-electron chi connectivity index (χ4n) is 3.10. The maximum atomic E-state index is 4.77. The molecule has 0 aliphatic carbocycles. The highest BCUT2D eigenvalue weighted by Crippen LogP contribution is 2.25. The van der Waals surface area contributed by atoms with Gasteiger partial charge in [0.1, 0.15) is 11.6 Å². The Morgan fingerprint density at radius 3 is 2.64 bits per heavy atom. The molecule has 2 N–H and O–H groups in total. The largest absolute Gasteiger partial charge is 0.362 e. The first-order chi connectivity index (χ1) is 13.8. The number of imidazole rings is 1. The topological polar surface area (TPSA) is 79.4 Å². The zero-order valence-electron chi connectivity index (χ0n) is 14.7. The zero-order valence-corrected chi connectivity index (χ0v) is 16.3. The molecule has 0 aliphatic heterocycles. The van der Waals surface area contributed by atoms with Gasteiger partial charge in [0.05, 0.1) is 17.6 Å². The third kappa shape index (κ3) is 3.20. The second-order valence-corrected chi connectivity index (χ2v) is 7.26. The van der Waals surface area contributed by atoms with Gasteiger partial charge in [-0.15, -0.1) is 0 Å². The number of fused-ring (bicyclic) bond motifs is 2. The van der Waals surface area contributed by atoms with E-state index in [2.05, 4.69) is 36.2 Å². The number of H-pyrrole nitrogens is 1. The van der Waals surface area contributed by atoms with Crippen molar-refractivity contribution < 1.29 is 0 Å². The Bertz CT molecular complexity index is 1280. The van der Waals surface area contributed by atoms with E-state index in [0.29, 0.717) is 18.0 Å². The Morgan fingerprint density at radius 2 is 1.75 bits per heavy atom. The molecule has 0 saturated carbocycles. The van der Waals surface area contributed by atoms with Crippen molar-refractivity contribution in [2.75, 3.05) is 5.32 Å². The highest BCUT2D eigenvalue weighted by Gasteiger charge is 2.10. The molecule has 0 aliphatic rings. The van der Waals surface area contributed by atoms with Gasteiger partial charge in [0.2, 0.25) is 0 Å². The van der Waals surface area contributed by atoms with E-state index in [-0.39, 0.29) is 0 Å². The molecule has 136 valence electrons. The molecule has 0 saturated heterocycles. The van der Waals surface area contributed by atoms with Gasteiger partial charge >= 0.3 is 0 Å². The van der Waals surface area contributed by atoms with Gasteiger partial charge in [-0.25, -0.2) is 19.9 Å². The van der Waals surface area contributed by atoms with Gasteiger partial charge in [-0.05, 0) is 34.1 Å².